The van der Waals surface area contributed by atoms with E-state index in [-0.39, 0.29) is 12.5 Å². The molecule has 2 rings (SSSR count). The van der Waals surface area contributed by atoms with E-state index in [1.165, 1.54) is 0 Å². The summed E-state index contributed by atoms with van der Waals surface area (Å²) in [5.41, 5.74) is 1.01. The van der Waals surface area contributed by atoms with Crippen LogP contribution in [0.15, 0.2) is 24.3 Å². The minimum absolute atomic E-state index is 0.117. The number of ether oxygens (including phenoxy) is 1. The van der Waals surface area contributed by atoms with E-state index in [0.29, 0.717) is 13.1 Å². The number of amides is 1. The van der Waals surface area contributed by atoms with Crippen LogP contribution in [0, 0.1) is 0 Å². The highest BCUT2D eigenvalue weighted by Gasteiger charge is 2.20. The molecule has 1 fully saturated rings. The molecular formula is C17H27N3O3. The van der Waals surface area contributed by atoms with E-state index in [0.717, 1.165) is 44.0 Å². The number of benzene rings is 1. The molecule has 23 heavy (non-hydrogen) atoms. The first-order chi connectivity index (χ1) is 11.1. The number of β-amino-alcohol motifs (C(OH)–C–C–N with tert-alkyl or cyclic N) is 1. The molecule has 1 aliphatic heterocycles. The molecule has 1 aromatic carbocycles. The highest BCUT2D eigenvalue weighted by atomic mass is 16.5. The minimum atomic E-state index is 0.117. The molecule has 0 aromatic heterocycles. The maximum absolute atomic E-state index is 12.4. The summed E-state index contributed by atoms with van der Waals surface area (Å²) in [6.07, 6.45) is 0. The van der Waals surface area contributed by atoms with Crippen molar-refractivity contribution in [1.82, 2.24) is 14.7 Å². The summed E-state index contributed by atoms with van der Waals surface area (Å²) in [6, 6.07) is 7.77. The fourth-order valence-corrected chi connectivity index (χ4v) is 2.80. The minimum Gasteiger partial charge on any atom is -0.496 e. The van der Waals surface area contributed by atoms with Crippen LogP contribution in [0.1, 0.15) is 5.56 Å². The van der Waals surface area contributed by atoms with Crippen LogP contribution in [-0.2, 0) is 11.3 Å². The van der Waals surface area contributed by atoms with Gasteiger partial charge in [-0.2, -0.15) is 0 Å². The van der Waals surface area contributed by atoms with Crippen LogP contribution in [0.3, 0.4) is 0 Å². The summed E-state index contributed by atoms with van der Waals surface area (Å²) < 4.78 is 5.34. The molecule has 6 heteroatoms. The van der Waals surface area contributed by atoms with E-state index in [4.69, 9.17) is 9.84 Å². The molecule has 1 aliphatic rings. The molecule has 0 saturated carbocycles. The van der Waals surface area contributed by atoms with E-state index < -0.39 is 0 Å². The largest absolute Gasteiger partial charge is 0.496 e. The normalized spacial score (nSPS) is 16.3. The molecule has 0 aliphatic carbocycles. The van der Waals surface area contributed by atoms with E-state index in [2.05, 4.69) is 9.80 Å². The number of likely N-dealkylation sites (N-methyl/N-ethyl adjacent to an activating group) is 1. The highest BCUT2D eigenvalue weighted by molar-refractivity contribution is 5.78. The van der Waals surface area contributed by atoms with E-state index in [9.17, 15) is 4.79 Å². The Bertz CT molecular complexity index is 502. The zero-order chi connectivity index (χ0) is 16.7. The third kappa shape index (κ3) is 5.20. The van der Waals surface area contributed by atoms with Gasteiger partial charge in [-0.15, -0.1) is 0 Å². The molecule has 1 aromatic rings. The Morgan fingerprint density at radius 2 is 1.87 bits per heavy atom. The van der Waals surface area contributed by atoms with Gasteiger partial charge in [-0.3, -0.25) is 14.6 Å². The fraction of sp³-hybridized carbons (Fsp3) is 0.588. The lowest BCUT2D eigenvalue weighted by Gasteiger charge is -2.34. The average molecular weight is 321 g/mol. The molecule has 1 amide bonds. The van der Waals surface area contributed by atoms with Crippen LogP contribution in [0.5, 0.6) is 5.75 Å². The maximum Gasteiger partial charge on any atom is 0.236 e. The van der Waals surface area contributed by atoms with Crippen molar-refractivity contribution in [2.24, 2.45) is 0 Å². The number of rotatable bonds is 7. The van der Waals surface area contributed by atoms with Crippen LogP contribution >= 0.6 is 0 Å². The predicted molar refractivity (Wildman–Crippen MR) is 89.4 cm³/mol. The van der Waals surface area contributed by atoms with Crippen molar-refractivity contribution in [2.75, 3.05) is 60.0 Å². The van der Waals surface area contributed by atoms with Crippen LogP contribution in [0.2, 0.25) is 0 Å². The van der Waals surface area contributed by atoms with Gasteiger partial charge in [-0.1, -0.05) is 18.2 Å². The lowest BCUT2D eigenvalue weighted by Crippen LogP contribution is -2.50. The number of hydrogen-bond acceptors (Lipinski definition) is 5. The van der Waals surface area contributed by atoms with Gasteiger partial charge in [0.1, 0.15) is 5.75 Å². The second-order valence-electron chi connectivity index (χ2n) is 5.90. The summed E-state index contributed by atoms with van der Waals surface area (Å²) in [4.78, 5) is 18.6. The smallest absolute Gasteiger partial charge is 0.236 e. The Labute approximate surface area is 138 Å². The van der Waals surface area contributed by atoms with Gasteiger partial charge in [0.2, 0.25) is 5.91 Å². The van der Waals surface area contributed by atoms with Gasteiger partial charge >= 0.3 is 0 Å². The lowest BCUT2D eigenvalue weighted by molar-refractivity contribution is -0.132. The van der Waals surface area contributed by atoms with Gasteiger partial charge in [0.15, 0.2) is 0 Å². The summed E-state index contributed by atoms with van der Waals surface area (Å²) in [7, 11) is 3.48. The van der Waals surface area contributed by atoms with Gasteiger partial charge in [-0.25, -0.2) is 0 Å². The molecule has 1 heterocycles. The number of aliphatic hydroxyl groups is 1. The van der Waals surface area contributed by atoms with Crippen LogP contribution in [-0.4, -0.2) is 85.7 Å². The van der Waals surface area contributed by atoms with Crippen molar-refractivity contribution in [3.8, 4) is 5.75 Å². The molecule has 1 saturated heterocycles. The van der Waals surface area contributed by atoms with Crippen molar-refractivity contribution in [2.45, 2.75) is 6.54 Å². The molecular weight excluding hydrogens is 294 g/mol. The summed E-state index contributed by atoms with van der Waals surface area (Å²) >= 11 is 0. The summed E-state index contributed by atoms with van der Waals surface area (Å²) in [5, 5.41) is 8.96. The first-order valence-corrected chi connectivity index (χ1v) is 8.05. The maximum atomic E-state index is 12.4. The first kappa shape index (κ1) is 17.7. The van der Waals surface area contributed by atoms with Crippen molar-refractivity contribution in [3.05, 3.63) is 29.8 Å². The Hall–Kier alpha value is -1.63. The molecule has 6 nitrogen and oxygen atoms in total. The Kier molecular flexibility index (Phi) is 6.83. The topological polar surface area (TPSA) is 56.2 Å². The van der Waals surface area contributed by atoms with Crippen molar-refractivity contribution >= 4 is 5.91 Å². The number of para-hydroxylation sites is 1. The first-order valence-electron chi connectivity index (χ1n) is 8.05. The number of piperazine rings is 1. The predicted octanol–water partition coefficient (Wildman–Crippen LogP) is 0.264. The molecule has 0 bridgehead atoms. The number of carbonyl (C=O) groups is 1. The lowest BCUT2D eigenvalue weighted by atomic mass is 10.2. The second-order valence-corrected chi connectivity index (χ2v) is 5.90. The van der Waals surface area contributed by atoms with Crippen molar-refractivity contribution in [1.29, 1.82) is 0 Å². The zero-order valence-corrected chi connectivity index (χ0v) is 14.1. The summed E-state index contributed by atoms with van der Waals surface area (Å²) in [5.74, 6) is 0.927. The molecule has 0 radical (unpaired) electrons. The number of aliphatic hydroxyl groups excluding tert-OH is 1. The van der Waals surface area contributed by atoms with Gasteiger partial charge in [0.05, 0.1) is 20.3 Å². The third-order valence-electron chi connectivity index (χ3n) is 4.27. The quantitative estimate of drug-likeness (QED) is 0.781. The van der Waals surface area contributed by atoms with E-state index >= 15 is 0 Å². The Morgan fingerprint density at radius 1 is 1.22 bits per heavy atom. The zero-order valence-electron chi connectivity index (χ0n) is 14.1. The van der Waals surface area contributed by atoms with Crippen LogP contribution < -0.4 is 4.74 Å². The summed E-state index contributed by atoms with van der Waals surface area (Å²) in [6.45, 7) is 5.46. The molecule has 0 spiro atoms. The Balaban J connectivity index is 1.81. The molecule has 0 unspecified atom stereocenters. The van der Waals surface area contributed by atoms with E-state index in [1.54, 1.807) is 12.0 Å². The van der Waals surface area contributed by atoms with Crippen molar-refractivity contribution in [3.63, 3.8) is 0 Å². The molecule has 128 valence electrons. The monoisotopic (exact) mass is 321 g/mol. The van der Waals surface area contributed by atoms with Gasteiger partial charge in [0, 0.05) is 51.9 Å². The average Bonchev–Trinajstić information content (AvgIpc) is 2.57. The number of hydrogen-bond donors (Lipinski definition) is 1. The SMILES string of the molecule is COc1ccccc1CN(C)C(=O)CN1CCN(CCO)CC1. The number of nitrogens with zero attached hydrogens (tertiary/aromatic N) is 3. The second kappa shape index (κ2) is 8.86. The fourth-order valence-electron chi connectivity index (χ4n) is 2.80. The van der Waals surface area contributed by atoms with E-state index in [1.807, 2.05) is 31.3 Å². The van der Waals surface area contributed by atoms with Gasteiger partial charge < -0.3 is 14.7 Å². The number of methoxy groups -OCH3 is 1. The standard InChI is InChI=1S/C17H27N3O3/c1-18(13-15-5-3-4-6-16(15)23-2)17(22)14-20-9-7-19(8-10-20)11-12-21/h3-6,21H,7-14H2,1-2H3. The molecule has 1 N–H and O–H groups in total. The molecule has 0 atom stereocenters. The van der Waals surface area contributed by atoms with Gasteiger partial charge in [0.25, 0.3) is 0 Å². The van der Waals surface area contributed by atoms with Crippen molar-refractivity contribution < 1.29 is 14.6 Å². The van der Waals surface area contributed by atoms with Crippen LogP contribution in [0.25, 0.3) is 0 Å². The highest BCUT2D eigenvalue weighted by Crippen LogP contribution is 2.18. The van der Waals surface area contributed by atoms with Crippen LogP contribution in [0.4, 0.5) is 0 Å². The number of carbonyl (C=O) groups excluding carboxylic acids is 1. The van der Waals surface area contributed by atoms with Gasteiger partial charge in [-0.05, 0) is 6.07 Å². The Morgan fingerprint density at radius 3 is 2.52 bits per heavy atom. The third-order valence-corrected chi connectivity index (χ3v) is 4.27.